The summed E-state index contributed by atoms with van der Waals surface area (Å²) in [5.74, 6) is 0.413. The summed E-state index contributed by atoms with van der Waals surface area (Å²) < 4.78 is 0. The van der Waals surface area contributed by atoms with Gasteiger partial charge in [0.15, 0.2) is 5.69 Å². The Morgan fingerprint density at radius 3 is 2.30 bits per heavy atom. The molecule has 0 aliphatic carbocycles. The first-order valence-electron chi connectivity index (χ1n) is 6.60. The molecule has 104 valence electrons. The minimum atomic E-state index is -0.222. The highest BCUT2D eigenvalue weighted by Crippen LogP contribution is 2.05. The molecule has 0 unspecified atom stereocenters. The van der Waals surface area contributed by atoms with Crippen LogP contribution in [-0.4, -0.2) is 23.2 Å². The van der Waals surface area contributed by atoms with Crippen LogP contribution in [0.5, 0.6) is 0 Å². The molecule has 0 fully saturated rings. The third kappa shape index (κ3) is 3.54. The molecule has 0 aliphatic rings. The van der Waals surface area contributed by atoms with E-state index >= 15 is 0 Å². The van der Waals surface area contributed by atoms with Crippen molar-refractivity contribution < 1.29 is 4.79 Å². The first-order valence-corrected chi connectivity index (χ1v) is 6.60. The molecule has 1 aromatic carbocycles. The van der Waals surface area contributed by atoms with Gasteiger partial charge in [0.05, 0.1) is 0 Å². The predicted molar refractivity (Wildman–Crippen MR) is 78.6 cm³/mol. The Labute approximate surface area is 118 Å². The molecule has 0 saturated heterocycles. The third-order valence-electron chi connectivity index (χ3n) is 3.04. The van der Waals surface area contributed by atoms with Crippen LogP contribution in [-0.2, 0) is 13.0 Å². The van der Waals surface area contributed by atoms with Gasteiger partial charge in [-0.3, -0.25) is 4.79 Å². The highest BCUT2D eigenvalue weighted by atomic mass is 16.1. The summed E-state index contributed by atoms with van der Waals surface area (Å²) in [4.78, 5) is 11.9. The summed E-state index contributed by atoms with van der Waals surface area (Å²) in [6.45, 7) is 2.60. The Bertz CT molecular complexity index is 563. The number of benzene rings is 1. The van der Waals surface area contributed by atoms with Crippen molar-refractivity contribution in [1.29, 1.82) is 0 Å². The van der Waals surface area contributed by atoms with Crippen LogP contribution in [0.15, 0.2) is 36.4 Å². The lowest BCUT2D eigenvalue weighted by atomic mass is 10.1. The normalized spacial score (nSPS) is 10.1. The van der Waals surface area contributed by atoms with E-state index in [1.165, 1.54) is 5.56 Å². The van der Waals surface area contributed by atoms with Gasteiger partial charge in [-0.2, -0.15) is 0 Å². The largest absolute Gasteiger partial charge is 0.372 e. The van der Waals surface area contributed by atoms with Gasteiger partial charge in [-0.15, -0.1) is 10.2 Å². The van der Waals surface area contributed by atoms with Crippen molar-refractivity contribution in [2.24, 2.45) is 0 Å². The fourth-order valence-corrected chi connectivity index (χ4v) is 1.75. The molecule has 0 radical (unpaired) electrons. The van der Waals surface area contributed by atoms with E-state index < -0.39 is 0 Å². The third-order valence-corrected chi connectivity index (χ3v) is 3.04. The molecule has 1 heterocycles. The van der Waals surface area contributed by atoms with E-state index in [2.05, 4.69) is 39.9 Å². The van der Waals surface area contributed by atoms with E-state index in [1.807, 2.05) is 12.1 Å². The van der Waals surface area contributed by atoms with Crippen molar-refractivity contribution in [1.82, 2.24) is 15.5 Å². The number of rotatable bonds is 5. The molecule has 1 aromatic heterocycles. The smallest absolute Gasteiger partial charge is 0.272 e. The van der Waals surface area contributed by atoms with E-state index in [1.54, 1.807) is 19.2 Å². The van der Waals surface area contributed by atoms with E-state index in [-0.39, 0.29) is 5.91 Å². The van der Waals surface area contributed by atoms with Gasteiger partial charge in [-0.1, -0.05) is 31.2 Å². The van der Waals surface area contributed by atoms with Crippen molar-refractivity contribution in [3.8, 4) is 0 Å². The zero-order valence-electron chi connectivity index (χ0n) is 11.7. The van der Waals surface area contributed by atoms with E-state index in [0.717, 1.165) is 12.0 Å². The number of aryl methyl sites for hydroxylation is 1. The second-order valence-corrected chi connectivity index (χ2v) is 4.41. The minimum absolute atomic E-state index is 0.222. The number of hydrogen-bond acceptors (Lipinski definition) is 4. The van der Waals surface area contributed by atoms with Crippen molar-refractivity contribution >= 4 is 11.7 Å². The summed E-state index contributed by atoms with van der Waals surface area (Å²) in [5.41, 5.74) is 2.66. The maximum atomic E-state index is 11.9. The van der Waals surface area contributed by atoms with Crippen LogP contribution in [0, 0.1) is 0 Å². The van der Waals surface area contributed by atoms with Gasteiger partial charge in [0, 0.05) is 13.6 Å². The molecule has 0 saturated carbocycles. The maximum absolute atomic E-state index is 11.9. The zero-order chi connectivity index (χ0) is 14.4. The summed E-state index contributed by atoms with van der Waals surface area (Å²) in [6, 6.07) is 11.6. The molecule has 2 N–H and O–H groups in total. The molecule has 0 atom stereocenters. The molecule has 2 aromatic rings. The lowest BCUT2D eigenvalue weighted by Gasteiger charge is -2.06. The lowest BCUT2D eigenvalue weighted by Crippen LogP contribution is -2.24. The number of amides is 1. The lowest BCUT2D eigenvalue weighted by molar-refractivity contribution is 0.0945. The average molecular weight is 270 g/mol. The Kier molecular flexibility index (Phi) is 4.65. The summed E-state index contributed by atoms with van der Waals surface area (Å²) in [5, 5.41) is 13.4. The Morgan fingerprint density at radius 1 is 1.05 bits per heavy atom. The standard InChI is InChI=1S/C15H18N4O/c1-3-11-4-6-12(7-5-11)10-17-15(20)13-8-9-14(16-2)19-18-13/h4-9H,3,10H2,1-2H3,(H,16,19)(H,17,20). The topological polar surface area (TPSA) is 66.9 Å². The summed E-state index contributed by atoms with van der Waals surface area (Å²) in [6.07, 6.45) is 1.01. The van der Waals surface area contributed by atoms with Crippen LogP contribution in [0.2, 0.25) is 0 Å². The van der Waals surface area contributed by atoms with Crippen LogP contribution in [0.25, 0.3) is 0 Å². The molecule has 0 bridgehead atoms. The van der Waals surface area contributed by atoms with Crippen molar-refractivity contribution in [3.05, 3.63) is 53.2 Å². The van der Waals surface area contributed by atoms with Crippen LogP contribution in [0.1, 0.15) is 28.5 Å². The van der Waals surface area contributed by atoms with Gasteiger partial charge < -0.3 is 10.6 Å². The fourth-order valence-electron chi connectivity index (χ4n) is 1.75. The minimum Gasteiger partial charge on any atom is -0.372 e. The van der Waals surface area contributed by atoms with Gasteiger partial charge >= 0.3 is 0 Å². The molecule has 5 nitrogen and oxygen atoms in total. The molecule has 2 rings (SSSR count). The molecule has 5 heteroatoms. The highest BCUT2D eigenvalue weighted by molar-refractivity contribution is 5.92. The summed E-state index contributed by atoms with van der Waals surface area (Å²) in [7, 11) is 1.75. The van der Waals surface area contributed by atoms with Gasteiger partial charge in [0.1, 0.15) is 5.82 Å². The van der Waals surface area contributed by atoms with Gasteiger partial charge in [-0.05, 0) is 29.7 Å². The van der Waals surface area contributed by atoms with Gasteiger partial charge in [0.25, 0.3) is 5.91 Å². The number of nitrogens with one attached hydrogen (secondary N) is 2. The summed E-state index contributed by atoms with van der Waals surface area (Å²) >= 11 is 0. The molecule has 20 heavy (non-hydrogen) atoms. The number of aromatic nitrogens is 2. The van der Waals surface area contributed by atoms with Gasteiger partial charge in [0.2, 0.25) is 0 Å². The van der Waals surface area contributed by atoms with Crippen LogP contribution in [0.3, 0.4) is 0 Å². The van der Waals surface area contributed by atoms with Crippen molar-refractivity contribution in [2.75, 3.05) is 12.4 Å². The predicted octanol–water partition coefficient (Wildman–Crippen LogP) is 2.01. The highest BCUT2D eigenvalue weighted by Gasteiger charge is 2.07. The number of nitrogens with zero attached hydrogens (tertiary/aromatic N) is 2. The van der Waals surface area contributed by atoms with E-state index in [0.29, 0.717) is 18.1 Å². The first kappa shape index (κ1) is 14.0. The van der Waals surface area contributed by atoms with E-state index in [4.69, 9.17) is 0 Å². The monoisotopic (exact) mass is 270 g/mol. The quantitative estimate of drug-likeness (QED) is 0.872. The Morgan fingerprint density at radius 2 is 1.75 bits per heavy atom. The average Bonchev–Trinajstić information content (AvgIpc) is 2.53. The molecular weight excluding hydrogens is 252 g/mol. The Balaban J connectivity index is 1.93. The molecule has 1 amide bonds. The van der Waals surface area contributed by atoms with Crippen molar-refractivity contribution in [2.45, 2.75) is 19.9 Å². The zero-order valence-corrected chi connectivity index (χ0v) is 11.7. The SMILES string of the molecule is CCc1ccc(CNC(=O)c2ccc(NC)nn2)cc1. The number of carbonyl (C=O) groups is 1. The van der Waals surface area contributed by atoms with Crippen LogP contribution in [0.4, 0.5) is 5.82 Å². The van der Waals surface area contributed by atoms with Gasteiger partial charge in [-0.25, -0.2) is 0 Å². The van der Waals surface area contributed by atoms with Crippen LogP contribution >= 0.6 is 0 Å². The van der Waals surface area contributed by atoms with Crippen molar-refractivity contribution in [3.63, 3.8) is 0 Å². The fraction of sp³-hybridized carbons (Fsp3) is 0.267. The van der Waals surface area contributed by atoms with Crippen LogP contribution < -0.4 is 10.6 Å². The number of anilines is 1. The van der Waals surface area contributed by atoms with E-state index in [9.17, 15) is 4.79 Å². The molecular formula is C15H18N4O. The molecule has 0 spiro atoms. The second kappa shape index (κ2) is 6.65. The number of hydrogen-bond donors (Lipinski definition) is 2. The first-order chi connectivity index (χ1) is 9.72. The Hall–Kier alpha value is -2.43. The molecule has 0 aliphatic heterocycles. The second-order valence-electron chi connectivity index (χ2n) is 4.41. The maximum Gasteiger partial charge on any atom is 0.272 e. The number of carbonyl (C=O) groups excluding carboxylic acids is 1.